The van der Waals surface area contributed by atoms with Gasteiger partial charge in [0.25, 0.3) is 5.56 Å². The van der Waals surface area contributed by atoms with Gasteiger partial charge in [-0.2, -0.15) is 5.26 Å². The second kappa shape index (κ2) is 8.89. The van der Waals surface area contributed by atoms with Crippen molar-refractivity contribution in [3.8, 4) is 11.8 Å². The maximum Gasteiger partial charge on any atom is 0.338 e. The number of aromatic nitrogens is 1. The van der Waals surface area contributed by atoms with Crippen LogP contribution >= 0.6 is 11.3 Å². The summed E-state index contributed by atoms with van der Waals surface area (Å²) in [5, 5.41) is 9.88. The van der Waals surface area contributed by atoms with Crippen molar-refractivity contribution < 1.29 is 23.8 Å². The van der Waals surface area contributed by atoms with Crippen LogP contribution in [-0.2, 0) is 19.1 Å². The van der Waals surface area contributed by atoms with E-state index < -0.39 is 23.4 Å². The minimum absolute atomic E-state index is 0.00771. The molecule has 0 spiro atoms. The molecule has 2 aromatic rings. The van der Waals surface area contributed by atoms with E-state index in [1.54, 1.807) is 31.2 Å². The number of thiazole rings is 1. The number of ether oxygens (including phenoxy) is 3. The van der Waals surface area contributed by atoms with E-state index in [2.05, 4.69) is 4.74 Å². The maximum absolute atomic E-state index is 13.0. The van der Waals surface area contributed by atoms with E-state index in [0.717, 1.165) is 22.0 Å². The highest BCUT2D eigenvalue weighted by atomic mass is 32.1. The minimum atomic E-state index is -0.886. The van der Waals surface area contributed by atoms with Crippen LogP contribution in [0.1, 0.15) is 18.4 Å². The third-order valence-electron chi connectivity index (χ3n) is 4.64. The van der Waals surface area contributed by atoms with Crippen molar-refractivity contribution in [3.63, 3.8) is 0 Å². The fraction of sp³-hybridized carbons (Fsp3) is 0.238. The Balaban J connectivity index is 2.47. The van der Waals surface area contributed by atoms with Gasteiger partial charge < -0.3 is 19.9 Å². The Kier molecular flexibility index (Phi) is 6.27. The summed E-state index contributed by atoms with van der Waals surface area (Å²) in [5.74, 6) is -1.92. The lowest BCUT2D eigenvalue weighted by Gasteiger charge is -2.25. The van der Waals surface area contributed by atoms with Crippen LogP contribution in [0.25, 0.3) is 17.5 Å². The molecule has 1 aliphatic heterocycles. The van der Waals surface area contributed by atoms with Crippen molar-refractivity contribution in [1.82, 2.24) is 4.57 Å². The number of benzene rings is 1. The van der Waals surface area contributed by atoms with Crippen molar-refractivity contribution in [2.24, 2.45) is 5.73 Å². The molecule has 160 valence electrons. The molecule has 0 bridgehead atoms. The van der Waals surface area contributed by atoms with Crippen LogP contribution in [0.15, 0.2) is 34.6 Å². The summed E-state index contributed by atoms with van der Waals surface area (Å²) >= 11 is 0.894. The fourth-order valence-corrected chi connectivity index (χ4v) is 4.40. The molecule has 2 heterocycles. The van der Waals surface area contributed by atoms with Gasteiger partial charge in [0.1, 0.15) is 20.8 Å². The monoisotopic (exact) mass is 441 g/mol. The topological polar surface area (TPSA) is 134 Å². The molecule has 3 rings (SSSR count). The van der Waals surface area contributed by atoms with Gasteiger partial charge in [0.05, 0.1) is 44.0 Å². The lowest BCUT2D eigenvalue weighted by Crippen LogP contribution is -2.40. The molecule has 9 nitrogen and oxygen atoms in total. The lowest BCUT2D eigenvalue weighted by atomic mass is 9.84. The molecule has 1 aromatic heterocycles. The molecule has 0 radical (unpaired) electrons. The standard InChI is InChI=1S/C21H19N3O6S/c1-4-30-21(27)17-16(11-6-5-7-12(8-11)28-2)13(10-22)18(23)24-19(26)14(31-20(17)24)9-15(25)29-3/h5-9,16H,4,23H2,1-3H3/b14-9-/t16-/m0/s1. The average molecular weight is 441 g/mol. The third-order valence-corrected chi connectivity index (χ3v) is 5.75. The summed E-state index contributed by atoms with van der Waals surface area (Å²) in [5.41, 5.74) is 6.22. The van der Waals surface area contributed by atoms with Gasteiger partial charge in [0, 0.05) is 6.08 Å². The number of hydrogen-bond acceptors (Lipinski definition) is 9. The van der Waals surface area contributed by atoms with Crippen molar-refractivity contribution in [3.05, 3.63) is 55.0 Å². The van der Waals surface area contributed by atoms with Gasteiger partial charge in [-0.05, 0) is 24.6 Å². The van der Waals surface area contributed by atoms with E-state index in [9.17, 15) is 19.6 Å². The van der Waals surface area contributed by atoms with Crippen LogP contribution < -0.4 is 25.2 Å². The Morgan fingerprint density at radius 1 is 1.35 bits per heavy atom. The van der Waals surface area contributed by atoms with Crippen molar-refractivity contribution in [2.45, 2.75) is 12.8 Å². The summed E-state index contributed by atoms with van der Waals surface area (Å²) in [7, 11) is 2.68. The van der Waals surface area contributed by atoms with Gasteiger partial charge >= 0.3 is 11.9 Å². The molecule has 0 fully saturated rings. The summed E-state index contributed by atoms with van der Waals surface area (Å²) < 4.78 is 16.3. The number of allylic oxidation sites excluding steroid dienone is 1. The van der Waals surface area contributed by atoms with Gasteiger partial charge in [-0.3, -0.25) is 9.36 Å². The molecule has 1 aliphatic rings. The molecular weight excluding hydrogens is 422 g/mol. The van der Waals surface area contributed by atoms with Gasteiger partial charge in [-0.25, -0.2) is 9.59 Å². The number of nitrogens with two attached hydrogens (primary N) is 1. The van der Waals surface area contributed by atoms with E-state index in [1.807, 2.05) is 6.07 Å². The van der Waals surface area contributed by atoms with Crippen LogP contribution in [0.2, 0.25) is 0 Å². The normalized spacial score (nSPS) is 15.9. The van der Waals surface area contributed by atoms with E-state index in [-0.39, 0.29) is 32.8 Å². The zero-order valence-electron chi connectivity index (χ0n) is 17.0. The molecule has 0 amide bonds. The molecule has 0 saturated carbocycles. The first-order valence-electron chi connectivity index (χ1n) is 9.14. The number of methoxy groups -OCH3 is 2. The Bertz CT molecular complexity index is 1310. The lowest BCUT2D eigenvalue weighted by molar-refractivity contribution is -0.136. The average Bonchev–Trinajstić information content (AvgIpc) is 3.09. The molecule has 31 heavy (non-hydrogen) atoms. The van der Waals surface area contributed by atoms with Crippen LogP contribution in [0.3, 0.4) is 0 Å². The number of nitrogens with zero attached hydrogens (tertiary/aromatic N) is 2. The highest BCUT2D eigenvalue weighted by Gasteiger charge is 2.36. The smallest absolute Gasteiger partial charge is 0.338 e. The Morgan fingerprint density at radius 3 is 2.71 bits per heavy atom. The van der Waals surface area contributed by atoms with Crippen molar-refractivity contribution >= 4 is 40.7 Å². The van der Waals surface area contributed by atoms with Gasteiger partial charge in [-0.1, -0.05) is 12.1 Å². The molecular formula is C21H19N3O6S. The zero-order chi connectivity index (χ0) is 22.7. The number of carbonyl (C=O) groups is 2. The van der Waals surface area contributed by atoms with Gasteiger partial charge in [0.2, 0.25) is 0 Å². The zero-order valence-corrected chi connectivity index (χ0v) is 17.8. The van der Waals surface area contributed by atoms with Crippen LogP contribution in [0.5, 0.6) is 5.75 Å². The fourth-order valence-electron chi connectivity index (χ4n) is 3.27. The summed E-state index contributed by atoms with van der Waals surface area (Å²) in [6, 6.07) is 8.86. The van der Waals surface area contributed by atoms with E-state index >= 15 is 0 Å². The Labute approximate surface area is 180 Å². The largest absolute Gasteiger partial charge is 0.497 e. The molecule has 0 saturated heterocycles. The predicted octanol–water partition coefficient (Wildman–Crippen LogP) is 0.0340. The van der Waals surface area contributed by atoms with E-state index in [1.165, 1.54) is 14.2 Å². The second-order valence-corrected chi connectivity index (χ2v) is 7.36. The number of esters is 2. The first kappa shape index (κ1) is 21.9. The van der Waals surface area contributed by atoms with E-state index in [4.69, 9.17) is 15.2 Å². The first-order valence-corrected chi connectivity index (χ1v) is 9.96. The first-order chi connectivity index (χ1) is 14.9. The SMILES string of the molecule is CCOC(=O)C1=c2s/c(=C\C(=O)OC)c(=O)n2C(N)=C(C#N)[C@@H]1c1cccc(OC)c1. The molecule has 1 aromatic carbocycles. The minimum Gasteiger partial charge on any atom is -0.497 e. The van der Waals surface area contributed by atoms with Gasteiger partial charge in [-0.15, -0.1) is 11.3 Å². The second-order valence-electron chi connectivity index (χ2n) is 6.33. The number of rotatable bonds is 5. The maximum atomic E-state index is 13.0. The van der Waals surface area contributed by atoms with Crippen LogP contribution in [0, 0.1) is 11.3 Å². The number of hydrogen-bond donors (Lipinski definition) is 1. The highest BCUT2D eigenvalue weighted by molar-refractivity contribution is 7.07. The quantitative estimate of drug-likeness (QED) is 0.643. The molecule has 0 unspecified atom stereocenters. The van der Waals surface area contributed by atoms with Crippen LogP contribution in [-0.4, -0.2) is 37.3 Å². The number of fused-ring (bicyclic) bond motifs is 1. The molecule has 0 aliphatic carbocycles. The Hall–Kier alpha value is -3.84. The Morgan fingerprint density at radius 2 is 2.10 bits per heavy atom. The summed E-state index contributed by atoms with van der Waals surface area (Å²) in [6.45, 7) is 1.74. The predicted molar refractivity (Wildman–Crippen MR) is 113 cm³/mol. The van der Waals surface area contributed by atoms with Crippen molar-refractivity contribution in [1.29, 1.82) is 5.26 Å². The van der Waals surface area contributed by atoms with Crippen molar-refractivity contribution in [2.75, 3.05) is 20.8 Å². The van der Waals surface area contributed by atoms with E-state index in [0.29, 0.717) is 11.3 Å². The molecule has 10 heteroatoms. The third kappa shape index (κ3) is 3.83. The summed E-state index contributed by atoms with van der Waals surface area (Å²) in [6.07, 6.45) is 1.01. The van der Waals surface area contributed by atoms with Crippen LogP contribution in [0.4, 0.5) is 0 Å². The molecule has 2 N–H and O–H groups in total. The highest BCUT2D eigenvalue weighted by Crippen LogP contribution is 2.37. The number of nitriles is 1. The summed E-state index contributed by atoms with van der Waals surface area (Å²) in [4.78, 5) is 37.6. The van der Waals surface area contributed by atoms with Gasteiger partial charge in [0.15, 0.2) is 0 Å². The number of carbonyl (C=O) groups excluding carboxylic acids is 2. The molecule has 1 atom stereocenters.